The first kappa shape index (κ1) is 11.9. The number of hydrogen-bond acceptors (Lipinski definition) is 1. The van der Waals surface area contributed by atoms with Crippen molar-refractivity contribution in [2.24, 2.45) is 0 Å². The molecule has 0 aliphatic rings. The van der Waals surface area contributed by atoms with Crippen LogP contribution in [-0.4, -0.2) is 9.38 Å². The summed E-state index contributed by atoms with van der Waals surface area (Å²) in [5.41, 5.74) is 5.74. The van der Waals surface area contributed by atoms with Crippen molar-refractivity contribution in [3.63, 3.8) is 0 Å². The van der Waals surface area contributed by atoms with E-state index in [9.17, 15) is 0 Å². The number of hydrogen-bond donors (Lipinski definition) is 0. The summed E-state index contributed by atoms with van der Waals surface area (Å²) < 4.78 is 2.09. The van der Waals surface area contributed by atoms with Gasteiger partial charge in [0, 0.05) is 24.2 Å². The highest BCUT2D eigenvalue weighted by Gasteiger charge is 2.08. The largest absolute Gasteiger partial charge is 0.306 e. The highest BCUT2D eigenvalue weighted by Crippen LogP contribution is 2.29. The average molecular weight is 270 g/mol. The molecule has 4 rings (SSSR count). The van der Waals surface area contributed by atoms with E-state index < -0.39 is 0 Å². The van der Waals surface area contributed by atoms with E-state index in [0.29, 0.717) is 0 Å². The van der Waals surface area contributed by atoms with E-state index in [0.717, 1.165) is 11.2 Å². The maximum atomic E-state index is 4.49. The second kappa shape index (κ2) is 4.91. The van der Waals surface area contributed by atoms with Crippen LogP contribution < -0.4 is 0 Å². The average Bonchev–Trinajstić information content (AvgIpc) is 3.04. The first-order valence-electron chi connectivity index (χ1n) is 6.99. The number of benzene rings is 2. The van der Waals surface area contributed by atoms with Gasteiger partial charge in [0.1, 0.15) is 5.65 Å². The molecule has 0 aliphatic heterocycles. The summed E-state index contributed by atoms with van der Waals surface area (Å²) in [6.07, 6.45) is 5.97. The number of rotatable bonds is 2. The molecule has 21 heavy (non-hydrogen) atoms. The van der Waals surface area contributed by atoms with Gasteiger partial charge in [0.15, 0.2) is 0 Å². The molecule has 2 nitrogen and oxygen atoms in total. The molecule has 0 spiro atoms. The second-order valence-electron chi connectivity index (χ2n) is 5.03. The second-order valence-corrected chi connectivity index (χ2v) is 5.03. The van der Waals surface area contributed by atoms with Gasteiger partial charge in [-0.15, -0.1) is 0 Å². The highest BCUT2D eigenvalue weighted by atomic mass is 15.0. The third-order valence-electron chi connectivity index (χ3n) is 3.68. The lowest BCUT2D eigenvalue weighted by Crippen LogP contribution is -1.90. The van der Waals surface area contributed by atoms with E-state index in [1.807, 2.05) is 24.5 Å². The number of pyridine rings is 1. The normalized spacial score (nSPS) is 10.9. The van der Waals surface area contributed by atoms with Crippen LogP contribution in [0.5, 0.6) is 0 Å². The van der Waals surface area contributed by atoms with Crippen LogP contribution >= 0.6 is 0 Å². The molecular weight excluding hydrogens is 256 g/mol. The zero-order chi connectivity index (χ0) is 14.1. The van der Waals surface area contributed by atoms with Crippen molar-refractivity contribution < 1.29 is 0 Å². The molecule has 0 radical (unpaired) electrons. The van der Waals surface area contributed by atoms with Crippen molar-refractivity contribution in [1.29, 1.82) is 0 Å². The van der Waals surface area contributed by atoms with Gasteiger partial charge in [-0.05, 0) is 22.8 Å². The molecule has 0 saturated carbocycles. The molecule has 0 N–H and O–H groups in total. The Hall–Kier alpha value is -2.87. The fraction of sp³-hybridized carbons (Fsp3) is 0. The summed E-state index contributed by atoms with van der Waals surface area (Å²) in [5.74, 6) is 0. The molecule has 4 aromatic rings. The zero-order valence-electron chi connectivity index (χ0n) is 11.5. The highest BCUT2D eigenvalue weighted by molar-refractivity contribution is 5.82. The Labute approximate surface area is 123 Å². The smallest absolute Gasteiger partial charge is 0.144 e. The molecule has 2 heterocycles. The van der Waals surface area contributed by atoms with Crippen molar-refractivity contribution in [3.8, 4) is 22.3 Å². The lowest BCUT2D eigenvalue weighted by atomic mass is 10.0. The Morgan fingerprint density at radius 1 is 0.714 bits per heavy atom. The van der Waals surface area contributed by atoms with Gasteiger partial charge in [-0.25, -0.2) is 4.98 Å². The van der Waals surface area contributed by atoms with Gasteiger partial charge in [0.2, 0.25) is 0 Å². The molecule has 2 heteroatoms. The van der Waals surface area contributed by atoms with Gasteiger partial charge in [-0.1, -0.05) is 60.7 Å². The molecule has 0 amide bonds. The summed E-state index contributed by atoms with van der Waals surface area (Å²) in [4.78, 5) is 4.49. The quantitative estimate of drug-likeness (QED) is 0.517. The minimum atomic E-state index is 0.987. The van der Waals surface area contributed by atoms with Crippen molar-refractivity contribution >= 4 is 5.65 Å². The fourth-order valence-corrected chi connectivity index (χ4v) is 2.65. The number of imidazole rings is 1. The van der Waals surface area contributed by atoms with E-state index >= 15 is 0 Å². The molecule has 0 atom stereocenters. The van der Waals surface area contributed by atoms with Crippen LogP contribution in [0.2, 0.25) is 0 Å². The Kier molecular flexibility index (Phi) is 2.79. The maximum Gasteiger partial charge on any atom is 0.144 e. The first-order valence-corrected chi connectivity index (χ1v) is 6.99. The Bertz CT molecular complexity index is 877. The van der Waals surface area contributed by atoms with Gasteiger partial charge >= 0.3 is 0 Å². The van der Waals surface area contributed by atoms with Gasteiger partial charge in [-0.2, -0.15) is 0 Å². The third kappa shape index (κ3) is 2.11. The fourth-order valence-electron chi connectivity index (χ4n) is 2.65. The van der Waals surface area contributed by atoms with E-state index in [1.54, 1.807) is 0 Å². The lowest BCUT2D eigenvalue weighted by Gasteiger charge is -2.09. The van der Waals surface area contributed by atoms with E-state index in [1.165, 1.54) is 16.7 Å². The topological polar surface area (TPSA) is 17.3 Å². The molecule has 0 bridgehead atoms. The van der Waals surface area contributed by atoms with Crippen molar-refractivity contribution in [1.82, 2.24) is 9.38 Å². The van der Waals surface area contributed by atoms with Crippen LogP contribution in [0.25, 0.3) is 27.9 Å². The van der Waals surface area contributed by atoms with Crippen LogP contribution in [0.4, 0.5) is 0 Å². The summed E-state index contributed by atoms with van der Waals surface area (Å²) in [7, 11) is 0. The predicted octanol–water partition coefficient (Wildman–Crippen LogP) is 4.67. The minimum Gasteiger partial charge on any atom is -0.306 e. The van der Waals surface area contributed by atoms with Crippen molar-refractivity contribution in [2.45, 2.75) is 0 Å². The molecule has 100 valence electrons. The van der Waals surface area contributed by atoms with Crippen LogP contribution in [0.3, 0.4) is 0 Å². The summed E-state index contributed by atoms with van der Waals surface area (Å²) >= 11 is 0. The number of nitrogens with zero attached hydrogens (tertiary/aromatic N) is 2. The first-order chi connectivity index (χ1) is 10.4. The summed E-state index contributed by atoms with van der Waals surface area (Å²) in [6, 6.07) is 23.0. The lowest BCUT2D eigenvalue weighted by molar-refractivity contribution is 1.19. The van der Waals surface area contributed by atoms with Crippen LogP contribution in [0.1, 0.15) is 0 Å². The van der Waals surface area contributed by atoms with Gasteiger partial charge in [-0.3, -0.25) is 0 Å². The van der Waals surface area contributed by atoms with Crippen LogP contribution in [-0.2, 0) is 0 Å². The van der Waals surface area contributed by atoms with Gasteiger partial charge in [0.05, 0.1) is 0 Å². The van der Waals surface area contributed by atoms with Crippen LogP contribution in [0, 0.1) is 0 Å². The molecule has 0 saturated heterocycles. The molecule has 2 aromatic carbocycles. The van der Waals surface area contributed by atoms with Crippen LogP contribution in [0.15, 0.2) is 85.3 Å². The van der Waals surface area contributed by atoms with E-state index in [2.05, 4.69) is 70.2 Å². The SMILES string of the molecule is c1ccc(-c2cc(-c3ccccc3)c3nccn3c2)cc1. The van der Waals surface area contributed by atoms with E-state index in [-0.39, 0.29) is 0 Å². The van der Waals surface area contributed by atoms with Crippen molar-refractivity contribution in [2.75, 3.05) is 0 Å². The minimum absolute atomic E-state index is 0.987. The summed E-state index contributed by atoms with van der Waals surface area (Å²) in [5, 5.41) is 0. The van der Waals surface area contributed by atoms with Gasteiger partial charge < -0.3 is 4.40 Å². The third-order valence-corrected chi connectivity index (χ3v) is 3.68. The standard InChI is InChI=1S/C19H14N2/c1-3-7-15(8-4-1)17-13-18(16-9-5-2-6-10-16)19-20-11-12-21(19)14-17/h1-14H. The number of aromatic nitrogens is 2. The van der Waals surface area contributed by atoms with E-state index in [4.69, 9.17) is 0 Å². The Balaban J connectivity index is 2.00. The molecule has 0 aliphatic carbocycles. The Morgan fingerprint density at radius 2 is 1.38 bits per heavy atom. The predicted molar refractivity (Wildman–Crippen MR) is 86.1 cm³/mol. The zero-order valence-corrected chi connectivity index (χ0v) is 11.5. The molecule has 0 unspecified atom stereocenters. The maximum absolute atomic E-state index is 4.49. The molecule has 2 aromatic heterocycles. The Morgan fingerprint density at radius 3 is 2.10 bits per heavy atom. The monoisotopic (exact) mass is 270 g/mol. The summed E-state index contributed by atoms with van der Waals surface area (Å²) in [6.45, 7) is 0. The molecular formula is C19H14N2. The number of fused-ring (bicyclic) bond motifs is 1. The van der Waals surface area contributed by atoms with Crippen molar-refractivity contribution in [3.05, 3.63) is 85.3 Å². The van der Waals surface area contributed by atoms with Gasteiger partial charge in [0.25, 0.3) is 0 Å². The molecule has 0 fully saturated rings.